The van der Waals surface area contributed by atoms with Crippen molar-refractivity contribution in [3.8, 4) is 17.2 Å². The van der Waals surface area contributed by atoms with Gasteiger partial charge in [0.1, 0.15) is 17.9 Å². The highest BCUT2D eigenvalue weighted by molar-refractivity contribution is 5.96. The molecule has 1 aliphatic heterocycles. The molecule has 9 heteroatoms. The molecular weight excluding hydrogens is 502 g/mol. The summed E-state index contributed by atoms with van der Waals surface area (Å²) in [6, 6.07) is 9.63. The summed E-state index contributed by atoms with van der Waals surface area (Å²) in [6.07, 6.45) is 1.18. The van der Waals surface area contributed by atoms with Gasteiger partial charge in [0.15, 0.2) is 11.5 Å². The third kappa shape index (κ3) is 7.74. The van der Waals surface area contributed by atoms with Crippen molar-refractivity contribution >= 4 is 11.9 Å². The maximum absolute atomic E-state index is 13.4. The van der Waals surface area contributed by atoms with Crippen LogP contribution >= 0.6 is 0 Å². The molecule has 3 N–H and O–H groups in total. The highest BCUT2D eigenvalue weighted by Gasteiger charge is 2.31. The van der Waals surface area contributed by atoms with Gasteiger partial charge in [-0.25, -0.2) is 4.79 Å². The summed E-state index contributed by atoms with van der Waals surface area (Å²) in [5.41, 5.74) is 1.23. The zero-order valence-corrected chi connectivity index (χ0v) is 22.9. The van der Waals surface area contributed by atoms with Crippen LogP contribution in [0.5, 0.6) is 17.2 Å². The van der Waals surface area contributed by atoms with Crippen molar-refractivity contribution in [1.82, 2.24) is 5.32 Å². The molecular formula is C30H39NO8. The number of nitrogens with one attached hydrogen (secondary N) is 1. The topological polar surface area (TPSA) is 124 Å². The third-order valence-electron chi connectivity index (χ3n) is 6.81. The number of benzene rings is 2. The van der Waals surface area contributed by atoms with E-state index in [9.17, 15) is 19.8 Å². The van der Waals surface area contributed by atoms with Gasteiger partial charge in [-0.05, 0) is 57.6 Å². The summed E-state index contributed by atoms with van der Waals surface area (Å²) in [7, 11) is 2.98. The van der Waals surface area contributed by atoms with Gasteiger partial charge in [-0.15, -0.1) is 0 Å². The Morgan fingerprint density at radius 2 is 1.85 bits per heavy atom. The Morgan fingerprint density at radius 3 is 2.51 bits per heavy atom. The largest absolute Gasteiger partial charge is 0.493 e. The lowest BCUT2D eigenvalue weighted by Gasteiger charge is -2.29. The number of ether oxygens (including phenoxy) is 4. The van der Waals surface area contributed by atoms with Crippen LogP contribution in [0.25, 0.3) is 0 Å². The number of aliphatic hydroxyl groups is 2. The third-order valence-corrected chi connectivity index (χ3v) is 6.81. The Labute approximate surface area is 229 Å². The lowest BCUT2D eigenvalue weighted by atomic mass is 9.93. The van der Waals surface area contributed by atoms with Crippen LogP contribution in [-0.2, 0) is 11.2 Å². The van der Waals surface area contributed by atoms with Crippen LogP contribution in [0.2, 0.25) is 0 Å². The minimum Gasteiger partial charge on any atom is -0.493 e. The summed E-state index contributed by atoms with van der Waals surface area (Å²) < 4.78 is 22.7. The molecule has 212 valence electrons. The van der Waals surface area contributed by atoms with Gasteiger partial charge in [0.2, 0.25) is 0 Å². The van der Waals surface area contributed by atoms with Crippen molar-refractivity contribution in [1.29, 1.82) is 0 Å². The van der Waals surface area contributed by atoms with Gasteiger partial charge in [0.25, 0.3) is 5.91 Å². The molecule has 0 saturated carbocycles. The molecule has 0 radical (unpaired) electrons. The first-order valence-corrected chi connectivity index (χ1v) is 13.2. The molecule has 3 rings (SSSR count). The van der Waals surface area contributed by atoms with E-state index in [0.29, 0.717) is 54.7 Å². The second-order valence-corrected chi connectivity index (χ2v) is 9.61. The Bertz CT molecular complexity index is 1120. The average Bonchev–Trinajstić information content (AvgIpc) is 2.94. The fourth-order valence-corrected chi connectivity index (χ4v) is 4.79. The van der Waals surface area contributed by atoms with Crippen LogP contribution in [0.3, 0.4) is 0 Å². The maximum Gasteiger partial charge on any atom is 0.342 e. The SMILES string of the molecule is C=CCOc1cc(OC)c(OC)c2c1C(=O)O[C@@H](C)CCC[C@@H](NC(=O)c1ccccc1)[C@@H](O)[C@@H](O)CCC2. The van der Waals surface area contributed by atoms with Crippen LogP contribution < -0.4 is 19.5 Å². The summed E-state index contributed by atoms with van der Waals surface area (Å²) in [5.74, 6) is 0.171. The van der Waals surface area contributed by atoms with Gasteiger partial charge in [0, 0.05) is 17.2 Å². The molecule has 0 spiro atoms. The summed E-state index contributed by atoms with van der Waals surface area (Å²) in [4.78, 5) is 26.3. The predicted octanol–water partition coefficient (Wildman–Crippen LogP) is 3.84. The fraction of sp³-hybridized carbons (Fsp3) is 0.467. The number of fused-ring (bicyclic) bond motifs is 1. The van der Waals surface area contributed by atoms with E-state index < -0.39 is 30.3 Å². The van der Waals surface area contributed by atoms with Crippen molar-refractivity contribution in [3.05, 3.63) is 65.7 Å². The number of hydrogen-bond acceptors (Lipinski definition) is 8. The van der Waals surface area contributed by atoms with E-state index in [1.54, 1.807) is 43.3 Å². The number of hydrogen-bond donors (Lipinski definition) is 3. The van der Waals surface area contributed by atoms with E-state index in [4.69, 9.17) is 18.9 Å². The first-order valence-electron chi connectivity index (χ1n) is 13.2. The summed E-state index contributed by atoms with van der Waals surface area (Å²) >= 11 is 0. The van der Waals surface area contributed by atoms with Crippen molar-refractivity contribution in [2.75, 3.05) is 20.8 Å². The van der Waals surface area contributed by atoms with Crippen molar-refractivity contribution < 1.29 is 38.7 Å². The minimum absolute atomic E-state index is 0.172. The Balaban J connectivity index is 1.92. The van der Waals surface area contributed by atoms with Crippen molar-refractivity contribution in [2.24, 2.45) is 0 Å². The second-order valence-electron chi connectivity index (χ2n) is 9.61. The number of methoxy groups -OCH3 is 2. The minimum atomic E-state index is -1.18. The van der Waals surface area contributed by atoms with E-state index in [-0.39, 0.29) is 30.2 Å². The highest BCUT2D eigenvalue weighted by atomic mass is 16.5. The van der Waals surface area contributed by atoms with E-state index in [0.717, 1.165) is 0 Å². The van der Waals surface area contributed by atoms with Crippen LogP contribution in [0.1, 0.15) is 65.3 Å². The van der Waals surface area contributed by atoms with Gasteiger partial charge in [-0.1, -0.05) is 30.9 Å². The normalized spacial score (nSPS) is 22.4. The van der Waals surface area contributed by atoms with E-state index in [1.165, 1.54) is 14.2 Å². The molecule has 0 saturated heterocycles. The quantitative estimate of drug-likeness (QED) is 0.357. The maximum atomic E-state index is 13.4. The molecule has 2 aromatic rings. The van der Waals surface area contributed by atoms with Crippen LogP contribution in [0, 0.1) is 0 Å². The number of amides is 1. The predicted molar refractivity (Wildman–Crippen MR) is 147 cm³/mol. The lowest BCUT2D eigenvalue weighted by molar-refractivity contribution is -0.0112. The first kappa shape index (κ1) is 30.0. The zero-order valence-electron chi connectivity index (χ0n) is 22.9. The van der Waals surface area contributed by atoms with Gasteiger partial charge in [-0.3, -0.25) is 4.79 Å². The van der Waals surface area contributed by atoms with Gasteiger partial charge in [0.05, 0.1) is 38.6 Å². The number of rotatable bonds is 7. The van der Waals surface area contributed by atoms with Crippen LogP contribution in [0.15, 0.2) is 49.1 Å². The molecule has 39 heavy (non-hydrogen) atoms. The highest BCUT2D eigenvalue weighted by Crippen LogP contribution is 2.41. The first-order chi connectivity index (χ1) is 18.8. The molecule has 2 aromatic carbocycles. The molecule has 0 aliphatic carbocycles. The van der Waals surface area contributed by atoms with E-state index in [1.807, 2.05) is 6.07 Å². The monoisotopic (exact) mass is 541 g/mol. The smallest absolute Gasteiger partial charge is 0.342 e. The Kier molecular flexibility index (Phi) is 11.2. The molecule has 0 unspecified atom stereocenters. The number of esters is 1. The molecule has 0 bridgehead atoms. The summed E-state index contributed by atoms with van der Waals surface area (Å²) in [6.45, 7) is 5.64. The number of cyclic esters (lactones) is 1. The number of carbonyl (C=O) groups excluding carboxylic acids is 2. The zero-order chi connectivity index (χ0) is 28.4. The van der Waals surface area contributed by atoms with Gasteiger partial charge < -0.3 is 34.5 Å². The van der Waals surface area contributed by atoms with Crippen molar-refractivity contribution in [3.63, 3.8) is 0 Å². The number of aliphatic hydroxyl groups excluding tert-OH is 2. The Morgan fingerprint density at radius 1 is 1.10 bits per heavy atom. The van der Waals surface area contributed by atoms with Gasteiger partial charge >= 0.3 is 5.97 Å². The molecule has 9 nitrogen and oxygen atoms in total. The fourth-order valence-electron chi connectivity index (χ4n) is 4.79. The van der Waals surface area contributed by atoms with E-state index >= 15 is 0 Å². The van der Waals surface area contributed by atoms with Crippen molar-refractivity contribution in [2.45, 2.75) is 69.8 Å². The average molecular weight is 542 g/mol. The van der Waals surface area contributed by atoms with Gasteiger partial charge in [-0.2, -0.15) is 0 Å². The molecule has 0 aromatic heterocycles. The second kappa shape index (κ2) is 14.6. The standard InChI is InChI=1S/C30H39NO8/c1-5-17-38-24-18-25(36-3)28(37-4)21-14-10-16-23(32)27(33)22(31-29(34)20-12-7-6-8-13-20)15-9-11-19(2)39-30(35)26(21)24/h5-8,12-13,18-19,22-23,27,32-33H,1,9-11,14-17H2,2-4H3,(H,31,34)/t19-,22+,23-,27+/m0/s1. The lowest BCUT2D eigenvalue weighted by Crippen LogP contribution is -2.48. The molecule has 1 amide bonds. The van der Waals surface area contributed by atoms with Crippen LogP contribution in [0.4, 0.5) is 0 Å². The molecule has 4 atom stereocenters. The van der Waals surface area contributed by atoms with E-state index in [2.05, 4.69) is 11.9 Å². The Hall–Kier alpha value is -3.56. The van der Waals surface area contributed by atoms with Crippen LogP contribution in [-0.4, -0.2) is 67.3 Å². The summed E-state index contributed by atoms with van der Waals surface area (Å²) in [5, 5.41) is 24.8. The number of carbonyl (C=O) groups is 2. The molecule has 1 aliphatic rings. The molecule has 0 fully saturated rings. The molecule has 1 heterocycles.